The largest absolute Gasteiger partial charge is 0.484 e. The fraction of sp³-hybridized carbons (Fsp3) is 0.0698. The van der Waals surface area contributed by atoms with Crippen molar-refractivity contribution >= 4 is 75.6 Å². The Bertz CT molecular complexity index is 2870. The molecule has 226 valence electrons. The predicted molar refractivity (Wildman–Crippen MR) is 200 cm³/mol. The van der Waals surface area contributed by atoms with Gasteiger partial charge in [0.2, 0.25) is 0 Å². The molecule has 3 atom stereocenters. The monoisotopic (exact) mass is 743 g/mol. The van der Waals surface area contributed by atoms with E-state index in [1.165, 1.54) is 60.9 Å². The highest BCUT2D eigenvalue weighted by Gasteiger charge is 2.55. The van der Waals surface area contributed by atoms with Crippen LogP contribution in [0.1, 0.15) is 33.7 Å². The van der Waals surface area contributed by atoms with Crippen molar-refractivity contribution in [2.45, 2.75) is 17.4 Å². The van der Waals surface area contributed by atoms with Gasteiger partial charge in [-0.15, -0.1) is 0 Å². The van der Waals surface area contributed by atoms with Crippen molar-refractivity contribution in [3.63, 3.8) is 0 Å². The summed E-state index contributed by atoms with van der Waals surface area (Å²) in [4.78, 5) is 0. The second kappa shape index (κ2) is 8.79. The van der Waals surface area contributed by atoms with Gasteiger partial charge in [0.15, 0.2) is 0 Å². The SMILES string of the molecule is Brc1cc2c(c3c1OC1C=CC=CC31)-c1c(cc(Br)c3c1oc1ccccc13)C21c2ccccc2-n2c3ccccc3c3cccc1c32. The van der Waals surface area contributed by atoms with Gasteiger partial charge in [-0.05, 0) is 80.2 Å². The van der Waals surface area contributed by atoms with Crippen molar-refractivity contribution in [3.8, 4) is 22.6 Å². The molecule has 5 heteroatoms. The van der Waals surface area contributed by atoms with Crippen LogP contribution in [0.4, 0.5) is 0 Å². The molecule has 2 aromatic heterocycles. The Labute approximate surface area is 292 Å². The number of furan rings is 1. The van der Waals surface area contributed by atoms with E-state index < -0.39 is 5.41 Å². The third-order valence-corrected chi connectivity index (χ3v) is 12.5. The summed E-state index contributed by atoms with van der Waals surface area (Å²) in [5, 5.41) is 4.74. The summed E-state index contributed by atoms with van der Waals surface area (Å²) in [6, 6.07) is 37.8. The van der Waals surface area contributed by atoms with Gasteiger partial charge in [0.1, 0.15) is 23.0 Å². The number of rotatable bonds is 0. The molecule has 3 unspecified atom stereocenters. The smallest absolute Gasteiger partial charge is 0.144 e. The average Bonchev–Trinajstić information content (AvgIpc) is 3.86. The molecule has 1 spiro atoms. The van der Waals surface area contributed by atoms with E-state index in [-0.39, 0.29) is 12.0 Å². The van der Waals surface area contributed by atoms with Gasteiger partial charge in [-0.2, -0.15) is 0 Å². The van der Waals surface area contributed by atoms with Crippen molar-refractivity contribution < 1.29 is 9.15 Å². The second-order valence-electron chi connectivity index (χ2n) is 13.3. The molecule has 0 saturated heterocycles. The Kier molecular flexibility index (Phi) is 4.79. The van der Waals surface area contributed by atoms with Crippen LogP contribution in [0, 0.1) is 0 Å². The molecular formula is C43H23Br2NO2. The second-order valence-corrected chi connectivity index (χ2v) is 15.0. The van der Waals surface area contributed by atoms with Crippen LogP contribution in [-0.2, 0) is 5.41 Å². The summed E-state index contributed by atoms with van der Waals surface area (Å²) in [7, 11) is 0. The molecule has 2 aliphatic heterocycles. The average molecular weight is 745 g/mol. The maximum Gasteiger partial charge on any atom is 0.144 e. The zero-order chi connectivity index (χ0) is 31.5. The van der Waals surface area contributed by atoms with E-state index in [0.717, 1.165) is 42.2 Å². The number of nitrogens with zero attached hydrogens (tertiary/aromatic N) is 1. The molecule has 4 heterocycles. The van der Waals surface area contributed by atoms with E-state index in [2.05, 4.69) is 164 Å². The van der Waals surface area contributed by atoms with Crippen molar-refractivity contribution in [1.82, 2.24) is 4.57 Å². The van der Waals surface area contributed by atoms with Crippen LogP contribution in [-0.4, -0.2) is 10.7 Å². The number of halogens is 2. The topological polar surface area (TPSA) is 27.3 Å². The van der Waals surface area contributed by atoms with Gasteiger partial charge in [0.05, 0.1) is 26.6 Å². The fourth-order valence-electron chi connectivity index (χ4n) is 9.57. The molecule has 0 bridgehead atoms. The van der Waals surface area contributed by atoms with Gasteiger partial charge < -0.3 is 13.7 Å². The maximum absolute atomic E-state index is 6.95. The first-order valence-electron chi connectivity index (χ1n) is 16.3. The summed E-state index contributed by atoms with van der Waals surface area (Å²) in [6.07, 6.45) is 8.69. The zero-order valence-electron chi connectivity index (χ0n) is 25.3. The minimum atomic E-state index is -0.620. The van der Waals surface area contributed by atoms with Gasteiger partial charge in [-0.3, -0.25) is 0 Å². The Balaban J connectivity index is 1.36. The van der Waals surface area contributed by atoms with Gasteiger partial charge >= 0.3 is 0 Å². The summed E-state index contributed by atoms with van der Waals surface area (Å²) < 4.78 is 18.2. The predicted octanol–water partition coefficient (Wildman–Crippen LogP) is 11.9. The number of allylic oxidation sites excluding steroid dienone is 2. The summed E-state index contributed by atoms with van der Waals surface area (Å²) >= 11 is 8.14. The van der Waals surface area contributed by atoms with E-state index in [1.54, 1.807) is 0 Å². The molecule has 12 rings (SSSR count). The van der Waals surface area contributed by atoms with Crippen LogP contribution in [0.5, 0.6) is 5.75 Å². The van der Waals surface area contributed by atoms with Gasteiger partial charge in [0, 0.05) is 43.1 Å². The number of hydrogen-bond donors (Lipinski definition) is 0. The molecule has 2 aliphatic carbocycles. The summed E-state index contributed by atoms with van der Waals surface area (Å²) in [5.74, 6) is 1.01. The normalized spacial score (nSPS) is 20.8. The zero-order valence-corrected chi connectivity index (χ0v) is 28.5. The highest BCUT2D eigenvalue weighted by molar-refractivity contribution is 9.11. The standard InChI is InChI=1S/C43H23Br2NO2/c44-30-20-29-39(42-36(30)24-11-2-7-18-34(24)48-42)38-28(21-31(45)41-37(38)25-12-3-8-19-35(25)47-41)43(29)26-14-4-6-17-33(26)46-32-16-5-1-10-22(32)23-13-9-15-27(43)40(23)46/h1-21,25,35H. The van der Waals surface area contributed by atoms with Crippen molar-refractivity contribution in [3.05, 3.63) is 164 Å². The van der Waals surface area contributed by atoms with E-state index in [9.17, 15) is 0 Å². The Morgan fingerprint density at radius 1 is 0.646 bits per heavy atom. The van der Waals surface area contributed by atoms with E-state index >= 15 is 0 Å². The van der Waals surface area contributed by atoms with Crippen LogP contribution in [0.3, 0.4) is 0 Å². The molecule has 0 fully saturated rings. The fourth-order valence-corrected chi connectivity index (χ4v) is 10.7. The Hall–Kier alpha value is -4.84. The summed E-state index contributed by atoms with van der Waals surface area (Å²) in [6.45, 7) is 0. The first-order valence-corrected chi connectivity index (χ1v) is 17.9. The number of hydrogen-bond acceptors (Lipinski definition) is 2. The first kappa shape index (κ1) is 26.2. The maximum atomic E-state index is 6.95. The summed E-state index contributed by atoms with van der Waals surface area (Å²) in [5.41, 5.74) is 13.5. The van der Waals surface area contributed by atoms with E-state index in [1.807, 2.05) is 0 Å². The van der Waals surface area contributed by atoms with E-state index in [4.69, 9.17) is 9.15 Å². The lowest BCUT2D eigenvalue weighted by atomic mass is 9.65. The quantitative estimate of drug-likeness (QED) is 0.155. The molecule has 48 heavy (non-hydrogen) atoms. The Morgan fingerprint density at radius 2 is 1.38 bits per heavy atom. The number of benzene rings is 6. The van der Waals surface area contributed by atoms with Crippen LogP contribution < -0.4 is 4.74 Å². The highest BCUT2D eigenvalue weighted by atomic mass is 79.9. The number of para-hydroxylation sites is 4. The molecule has 3 nitrogen and oxygen atoms in total. The molecule has 6 aromatic carbocycles. The van der Waals surface area contributed by atoms with Crippen LogP contribution >= 0.6 is 31.9 Å². The van der Waals surface area contributed by atoms with Crippen LogP contribution in [0.2, 0.25) is 0 Å². The van der Waals surface area contributed by atoms with Crippen LogP contribution in [0.15, 0.2) is 141 Å². The molecule has 0 N–H and O–H groups in total. The van der Waals surface area contributed by atoms with Gasteiger partial charge in [-0.25, -0.2) is 0 Å². The Morgan fingerprint density at radius 3 is 2.31 bits per heavy atom. The lowest BCUT2D eigenvalue weighted by Gasteiger charge is -2.39. The number of fused-ring (bicyclic) bond motifs is 20. The molecule has 0 radical (unpaired) electrons. The number of ether oxygens (including phenoxy) is 1. The molecular weight excluding hydrogens is 722 g/mol. The molecule has 0 amide bonds. The lowest BCUT2D eigenvalue weighted by Crippen LogP contribution is -2.33. The van der Waals surface area contributed by atoms with Gasteiger partial charge in [-0.1, -0.05) is 107 Å². The van der Waals surface area contributed by atoms with Crippen molar-refractivity contribution in [2.24, 2.45) is 0 Å². The number of aromatic nitrogens is 1. The van der Waals surface area contributed by atoms with Crippen LogP contribution in [0.25, 0.3) is 60.6 Å². The lowest BCUT2D eigenvalue weighted by molar-refractivity contribution is 0.267. The molecule has 8 aromatic rings. The molecule has 0 saturated carbocycles. The van der Waals surface area contributed by atoms with E-state index in [0.29, 0.717) is 0 Å². The third-order valence-electron chi connectivity index (χ3n) is 11.3. The van der Waals surface area contributed by atoms with Crippen molar-refractivity contribution in [1.29, 1.82) is 0 Å². The first-order chi connectivity index (χ1) is 23.7. The van der Waals surface area contributed by atoms with Crippen molar-refractivity contribution in [2.75, 3.05) is 0 Å². The minimum Gasteiger partial charge on any atom is -0.484 e. The van der Waals surface area contributed by atoms with Gasteiger partial charge in [0.25, 0.3) is 0 Å². The minimum absolute atomic E-state index is 0.0565. The third kappa shape index (κ3) is 2.83. The highest BCUT2D eigenvalue weighted by Crippen LogP contribution is 2.67. The molecule has 4 aliphatic rings.